The lowest BCUT2D eigenvalue weighted by atomic mass is 10.1. The second-order valence-electron chi connectivity index (χ2n) is 4.22. The molecule has 4 heteroatoms. The Hall–Kier alpha value is -2.33. The van der Waals surface area contributed by atoms with Crippen molar-refractivity contribution in [3.05, 3.63) is 60.2 Å². The SMILES string of the molecule is CNC(=O)C(OC)c1cccc(Oc2ccccc2)c1. The van der Waals surface area contributed by atoms with Gasteiger partial charge in [0.25, 0.3) is 5.91 Å². The quantitative estimate of drug-likeness (QED) is 0.909. The maximum atomic E-state index is 11.7. The van der Waals surface area contributed by atoms with Gasteiger partial charge in [0.15, 0.2) is 6.10 Å². The number of carbonyl (C=O) groups is 1. The Labute approximate surface area is 118 Å². The van der Waals surface area contributed by atoms with Gasteiger partial charge in [-0.15, -0.1) is 0 Å². The van der Waals surface area contributed by atoms with E-state index in [9.17, 15) is 4.79 Å². The number of nitrogens with one attached hydrogen (secondary N) is 1. The minimum Gasteiger partial charge on any atom is -0.457 e. The summed E-state index contributed by atoms with van der Waals surface area (Å²) < 4.78 is 11.0. The molecule has 0 bridgehead atoms. The summed E-state index contributed by atoms with van der Waals surface area (Å²) in [6, 6.07) is 16.8. The number of likely N-dealkylation sites (N-methyl/N-ethyl adjacent to an activating group) is 1. The van der Waals surface area contributed by atoms with Gasteiger partial charge in [0.1, 0.15) is 11.5 Å². The number of para-hydroxylation sites is 1. The average molecular weight is 271 g/mol. The van der Waals surface area contributed by atoms with Crippen molar-refractivity contribution >= 4 is 5.91 Å². The predicted octanol–water partition coefficient (Wildman–Crippen LogP) is 2.91. The maximum Gasteiger partial charge on any atom is 0.253 e. The van der Waals surface area contributed by atoms with E-state index in [4.69, 9.17) is 9.47 Å². The number of hydrogen-bond acceptors (Lipinski definition) is 3. The van der Waals surface area contributed by atoms with Crippen LogP contribution in [0.1, 0.15) is 11.7 Å². The number of hydrogen-bond donors (Lipinski definition) is 1. The van der Waals surface area contributed by atoms with Gasteiger partial charge in [-0.2, -0.15) is 0 Å². The molecule has 20 heavy (non-hydrogen) atoms. The van der Waals surface area contributed by atoms with Gasteiger partial charge in [0.05, 0.1) is 0 Å². The molecule has 104 valence electrons. The summed E-state index contributed by atoms with van der Waals surface area (Å²) in [6.07, 6.45) is -0.640. The maximum absolute atomic E-state index is 11.7. The van der Waals surface area contributed by atoms with Crippen molar-refractivity contribution < 1.29 is 14.3 Å². The molecule has 1 unspecified atom stereocenters. The first-order valence-electron chi connectivity index (χ1n) is 6.32. The summed E-state index contributed by atoms with van der Waals surface area (Å²) in [4.78, 5) is 11.7. The second-order valence-corrected chi connectivity index (χ2v) is 4.22. The molecule has 4 nitrogen and oxygen atoms in total. The van der Waals surface area contributed by atoms with Crippen molar-refractivity contribution in [1.29, 1.82) is 0 Å². The molecule has 2 aromatic rings. The van der Waals surface area contributed by atoms with Crippen molar-refractivity contribution in [1.82, 2.24) is 5.32 Å². The molecule has 1 N–H and O–H groups in total. The molecule has 1 amide bonds. The van der Waals surface area contributed by atoms with Crippen molar-refractivity contribution in [2.75, 3.05) is 14.2 Å². The van der Waals surface area contributed by atoms with Crippen LogP contribution in [0.15, 0.2) is 54.6 Å². The molecule has 1 atom stereocenters. The van der Waals surface area contributed by atoms with Crippen molar-refractivity contribution in [3.63, 3.8) is 0 Å². The third-order valence-electron chi connectivity index (χ3n) is 2.86. The highest BCUT2D eigenvalue weighted by Gasteiger charge is 2.19. The van der Waals surface area contributed by atoms with Crippen LogP contribution in [0.3, 0.4) is 0 Å². The third kappa shape index (κ3) is 3.36. The molecule has 0 radical (unpaired) electrons. The molecule has 0 aliphatic carbocycles. The number of benzene rings is 2. The fourth-order valence-electron chi connectivity index (χ4n) is 1.89. The van der Waals surface area contributed by atoms with Gasteiger partial charge in [-0.1, -0.05) is 30.3 Å². The molecule has 0 fully saturated rings. The summed E-state index contributed by atoms with van der Waals surface area (Å²) in [5.41, 5.74) is 0.750. The molecule has 0 heterocycles. The minimum absolute atomic E-state index is 0.190. The molecular formula is C16H17NO3. The lowest BCUT2D eigenvalue weighted by molar-refractivity contribution is -0.130. The van der Waals surface area contributed by atoms with E-state index < -0.39 is 6.10 Å². The van der Waals surface area contributed by atoms with E-state index in [2.05, 4.69) is 5.32 Å². The van der Waals surface area contributed by atoms with E-state index in [0.717, 1.165) is 11.3 Å². The lowest BCUT2D eigenvalue weighted by Gasteiger charge is -2.15. The van der Waals surface area contributed by atoms with Crippen LogP contribution >= 0.6 is 0 Å². The van der Waals surface area contributed by atoms with Crippen molar-refractivity contribution in [2.24, 2.45) is 0 Å². The Balaban J connectivity index is 2.21. The normalized spacial score (nSPS) is 11.7. The Kier molecular flexibility index (Phi) is 4.74. The van der Waals surface area contributed by atoms with Crippen LogP contribution < -0.4 is 10.1 Å². The van der Waals surface area contributed by atoms with E-state index in [1.54, 1.807) is 13.1 Å². The molecule has 0 aliphatic rings. The average Bonchev–Trinajstić information content (AvgIpc) is 2.49. The summed E-state index contributed by atoms with van der Waals surface area (Å²) in [5.74, 6) is 1.22. The highest BCUT2D eigenvalue weighted by Crippen LogP contribution is 2.25. The number of rotatable bonds is 5. The van der Waals surface area contributed by atoms with E-state index >= 15 is 0 Å². The predicted molar refractivity (Wildman–Crippen MR) is 76.8 cm³/mol. The van der Waals surface area contributed by atoms with E-state index in [1.807, 2.05) is 48.5 Å². The zero-order valence-electron chi connectivity index (χ0n) is 11.5. The minimum atomic E-state index is -0.640. The van der Waals surface area contributed by atoms with E-state index in [0.29, 0.717) is 5.75 Å². The van der Waals surface area contributed by atoms with Crippen LogP contribution in [0, 0.1) is 0 Å². The number of methoxy groups -OCH3 is 1. The van der Waals surface area contributed by atoms with Crippen LogP contribution in [0.5, 0.6) is 11.5 Å². The topological polar surface area (TPSA) is 47.6 Å². The molecule has 2 aromatic carbocycles. The standard InChI is InChI=1S/C16H17NO3/c1-17-16(18)15(19-2)12-7-6-10-14(11-12)20-13-8-4-3-5-9-13/h3-11,15H,1-2H3,(H,17,18). The van der Waals surface area contributed by atoms with Gasteiger partial charge >= 0.3 is 0 Å². The van der Waals surface area contributed by atoms with Gasteiger partial charge in [-0.05, 0) is 29.8 Å². The van der Waals surface area contributed by atoms with Gasteiger partial charge < -0.3 is 14.8 Å². The second kappa shape index (κ2) is 6.73. The van der Waals surface area contributed by atoms with Crippen LogP contribution in [-0.4, -0.2) is 20.1 Å². The van der Waals surface area contributed by atoms with Crippen LogP contribution in [0.2, 0.25) is 0 Å². The molecule has 0 saturated carbocycles. The molecule has 0 aromatic heterocycles. The Bertz CT molecular complexity index is 569. The molecule has 2 rings (SSSR count). The zero-order chi connectivity index (χ0) is 14.4. The molecule has 0 spiro atoms. The fourth-order valence-corrected chi connectivity index (χ4v) is 1.89. The summed E-state index contributed by atoms with van der Waals surface area (Å²) in [5, 5.41) is 2.58. The van der Waals surface area contributed by atoms with Gasteiger partial charge in [0, 0.05) is 14.2 Å². The third-order valence-corrected chi connectivity index (χ3v) is 2.86. The van der Waals surface area contributed by atoms with Gasteiger partial charge in [-0.3, -0.25) is 4.79 Å². The Morgan fingerprint density at radius 1 is 1.05 bits per heavy atom. The first kappa shape index (κ1) is 14.1. The number of carbonyl (C=O) groups excluding carboxylic acids is 1. The fraction of sp³-hybridized carbons (Fsp3) is 0.188. The number of ether oxygens (including phenoxy) is 2. The first-order valence-corrected chi connectivity index (χ1v) is 6.32. The lowest BCUT2D eigenvalue weighted by Crippen LogP contribution is -2.26. The van der Waals surface area contributed by atoms with Crippen molar-refractivity contribution in [3.8, 4) is 11.5 Å². The van der Waals surface area contributed by atoms with Crippen molar-refractivity contribution in [2.45, 2.75) is 6.10 Å². The largest absolute Gasteiger partial charge is 0.457 e. The molecular weight excluding hydrogens is 254 g/mol. The smallest absolute Gasteiger partial charge is 0.253 e. The first-order chi connectivity index (χ1) is 9.74. The summed E-state index contributed by atoms with van der Waals surface area (Å²) in [6.45, 7) is 0. The summed E-state index contributed by atoms with van der Waals surface area (Å²) >= 11 is 0. The van der Waals surface area contributed by atoms with Gasteiger partial charge in [0.2, 0.25) is 0 Å². The Morgan fingerprint density at radius 2 is 1.75 bits per heavy atom. The molecule has 0 aliphatic heterocycles. The van der Waals surface area contributed by atoms with Gasteiger partial charge in [-0.25, -0.2) is 0 Å². The van der Waals surface area contributed by atoms with Crippen LogP contribution in [0.25, 0.3) is 0 Å². The van der Waals surface area contributed by atoms with E-state index in [1.165, 1.54) is 7.11 Å². The molecule has 0 saturated heterocycles. The Morgan fingerprint density at radius 3 is 2.40 bits per heavy atom. The highest BCUT2D eigenvalue weighted by molar-refractivity contribution is 5.82. The van der Waals surface area contributed by atoms with Crippen LogP contribution in [-0.2, 0) is 9.53 Å². The summed E-state index contributed by atoms with van der Waals surface area (Å²) in [7, 11) is 3.09. The van der Waals surface area contributed by atoms with E-state index in [-0.39, 0.29) is 5.91 Å². The monoisotopic (exact) mass is 271 g/mol. The number of amides is 1. The van der Waals surface area contributed by atoms with Crippen LogP contribution in [0.4, 0.5) is 0 Å². The highest BCUT2D eigenvalue weighted by atomic mass is 16.5. The zero-order valence-corrected chi connectivity index (χ0v) is 11.5.